The molecule has 1 spiro atoms. The summed E-state index contributed by atoms with van der Waals surface area (Å²) < 4.78 is 0. The Hall–Kier alpha value is -2.35. The van der Waals surface area contributed by atoms with Gasteiger partial charge in [-0.15, -0.1) is 0 Å². The number of aliphatic hydroxyl groups excluding tert-OH is 1. The molecule has 1 aromatic heterocycles. The maximum absolute atomic E-state index is 13.5. The van der Waals surface area contributed by atoms with Crippen LogP contribution in [0, 0.1) is 12.3 Å². The highest BCUT2D eigenvalue weighted by Gasteiger charge is 2.50. The Kier molecular flexibility index (Phi) is 5.61. The van der Waals surface area contributed by atoms with Gasteiger partial charge < -0.3 is 20.0 Å². The zero-order chi connectivity index (χ0) is 21.5. The number of likely N-dealkylation sites (tertiary alicyclic amines) is 1. The minimum absolute atomic E-state index is 0.212. The summed E-state index contributed by atoms with van der Waals surface area (Å²) in [6.45, 7) is 4.21. The molecule has 0 bridgehead atoms. The number of aromatic nitrogens is 1. The Bertz CT molecular complexity index is 823. The third kappa shape index (κ3) is 3.73. The summed E-state index contributed by atoms with van der Waals surface area (Å²) in [7, 11) is 1.51. The van der Waals surface area contributed by atoms with Gasteiger partial charge in [-0.2, -0.15) is 0 Å². The molecule has 2 aliphatic heterocycles. The quantitative estimate of drug-likeness (QED) is 0.786. The first-order valence-electron chi connectivity index (χ1n) is 11.0. The van der Waals surface area contributed by atoms with Gasteiger partial charge >= 0.3 is 6.09 Å². The van der Waals surface area contributed by atoms with Crippen LogP contribution in [0.2, 0.25) is 0 Å². The van der Waals surface area contributed by atoms with E-state index in [1.807, 2.05) is 13.0 Å². The average Bonchev–Trinajstić information content (AvgIpc) is 3.03. The van der Waals surface area contributed by atoms with Gasteiger partial charge in [0.1, 0.15) is 5.82 Å². The summed E-state index contributed by atoms with van der Waals surface area (Å²) >= 11 is 0. The van der Waals surface area contributed by atoms with Gasteiger partial charge in [0.15, 0.2) is 0 Å². The molecule has 1 saturated carbocycles. The number of aryl methyl sites for hydroxylation is 1. The summed E-state index contributed by atoms with van der Waals surface area (Å²) in [5, 5.41) is 19.0. The molecule has 1 atom stereocenters. The Labute approximate surface area is 177 Å². The molecule has 1 aromatic rings. The van der Waals surface area contributed by atoms with Crippen molar-refractivity contribution < 1.29 is 19.8 Å². The number of rotatable bonds is 3. The standard InChI is InChI=1S/C22H32N4O4/c1-15-12-19(23-13-18(15)24(2)21(29)30)25-10-3-8-22(14-25)9-11-26(20(22)28)16-4-6-17(27)7-5-16/h12-13,16-17,27H,3-11,14H2,1-2H3,(H,29,30)/t16?,17?,22-/m0/s1. The van der Waals surface area contributed by atoms with Crippen LogP contribution < -0.4 is 9.80 Å². The molecule has 3 aliphatic rings. The van der Waals surface area contributed by atoms with E-state index in [9.17, 15) is 19.8 Å². The predicted molar refractivity (Wildman–Crippen MR) is 114 cm³/mol. The van der Waals surface area contributed by atoms with Gasteiger partial charge in [0.2, 0.25) is 5.91 Å². The van der Waals surface area contributed by atoms with Gasteiger partial charge in [0, 0.05) is 32.7 Å². The number of anilines is 2. The molecule has 2 N–H and O–H groups in total. The highest BCUT2D eigenvalue weighted by Crippen LogP contribution is 2.43. The van der Waals surface area contributed by atoms with E-state index >= 15 is 0 Å². The molecule has 30 heavy (non-hydrogen) atoms. The second-order valence-electron chi connectivity index (χ2n) is 9.19. The van der Waals surface area contributed by atoms with E-state index in [0.29, 0.717) is 12.2 Å². The van der Waals surface area contributed by atoms with Crippen molar-refractivity contribution in [2.75, 3.05) is 36.5 Å². The molecule has 2 saturated heterocycles. The van der Waals surface area contributed by atoms with Crippen LogP contribution in [-0.2, 0) is 4.79 Å². The number of hydrogen-bond donors (Lipinski definition) is 2. The summed E-state index contributed by atoms with van der Waals surface area (Å²) in [6, 6.07) is 2.19. The number of carbonyl (C=O) groups is 2. The molecule has 8 heteroatoms. The first-order chi connectivity index (χ1) is 14.3. The van der Waals surface area contributed by atoms with Gasteiger partial charge in [-0.05, 0) is 63.5 Å². The third-order valence-electron chi connectivity index (χ3n) is 7.27. The summed E-state index contributed by atoms with van der Waals surface area (Å²) in [5.41, 5.74) is 1.07. The smallest absolute Gasteiger partial charge is 0.411 e. The van der Waals surface area contributed by atoms with Crippen LogP contribution in [0.15, 0.2) is 12.3 Å². The number of amides is 2. The van der Waals surface area contributed by atoms with Crippen LogP contribution in [0.1, 0.15) is 50.5 Å². The average molecular weight is 417 g/mol. The van der Waals surface area contributed by atoms with Crippen molar-refractivity contribution >= 4 is 23.5 Å². The largest absolute Gasteiger partial charge is 0.465 e. The van der Waals surface area contributed by atoms with E-state index in [1.165, 1.54) is 11.9 Å². The van der Waals surface area contributed by atoms with Gasteiger partial charge in [-0.25, -0.2) is 9.78 Å². The summed E-state index contributed by atoms with van der Waals surface area (Å²) in [6.07, 6.45) is 6.47. The predicted octanol–water partition coefficient (Wildman–Crippen LogP) is 2.63. The molecule has 0 unspecified atom stereocenters. The molecule has 4 rings (SSSR count). The van der Waals surface area contributed by atoms with Gasteiger partial charge in [0.25, 0.3) is 0 Å². The molecule has 0 radical (unpaired) electrons. The van der Waals surface area contributed by atoms with Crippen molar-refractivity contribution in [3.63, 3.8) is 0 Å². The van der Waals surface area contributed by atoms with Crippen LogP contribution in [0.25, 0.3) is 0 Å². The number of aliphatic hydroxyl groups is 1. The fraction of sp³-hybridized carbons (Fsp3) is 0.682. The van der Waals surface area contributed by atoms with Crippen molar-refractivity contribution in [3.8, 4) is 0 Å². The van der Waals surface area contributed by atoms with Crippen LogP contribution in [0.3, 0.4) is 0 Å². The van der Waals surface area contributed by atoms with E-state index in [4.69, 9.17) is 0 Å². The van der Waals surface area contributed by atoms with E-state index in [-0.39, 0.29) is 23.5 Å². The lowest BCUT2D eigenvalue weighted by molar-refractivity contribution is -0.139. The molecule has 8 nitrogen and oxygen atoms in total. The van der Waals surface area contributed by atoms with Crippen LogP contribution in [-0.4, -0.2) is 70.9 Å². The number of piperidine rings is 1. The molecule has 0 aromatic carbocycles. The van der Waals surface area contributed by atoms with Crippen molar-refractivity contribution in [3.05, 3.63) is 17.8 Å². The molecule has 3 heterocycles. The maximum Gasteiger partial charge on any atom is 0.411 e. The SMILES string of the molecule is Cc1cc(N2CCC[C@]3(CCN(C4CCC(O)CC4)C3=O)C2)ncc1N(C)C(=O)O. The normalized spacial score (nSPS) is 29.5. The van der Waals surface area contributed by atoms with Crippen molar-refractivity contribution in [1.82, 2.24) is 9.88 Å². The Morgan fingerprint density at radius 2 is 1.97 bits per heavy atom. The second kappa shape index (κ2) is 8.06. The van der Waals surface area contributed by atoms with Gasteiger partial charge in [-0.1, -0.05) is 0 Å². The fourth-order valence-electron chi connectivity index (χ4n) is 5.43. The number of carboxylic acid groups (broad SMARTS) is 1. The zero-order valence-electron chi connectivity index (χ0n) is 17.9. The Morgan fingerprint density at radius 3 is 2.63 bits per heavy atom. The van der Waals surface area contributed by atoms with Crippen molar-refractivity contribution in [2.24, 2.45) is 5.41 Å². The van der Waals surface area contributed by atoms with E-state index in [0.717, 1.165) is 69.4 Å². The van der Waals surface area contributed by atoms with E-state index in [2.05, 4.69) is 14.8 Å². The van der Waals surface area contributed by atoms with Crippen LogP contribution in [0.5, 0.6) is 0 Å². The molecule has 1 aliphatic carbocycles. The Morgan fingerprint density at radius 1 is 1.23 bits per heavy atom. The molecule has 2 amide bonds. The van der Waals surface area contributed by atoms with E-state index in [1.54, 1.807) is 6.20 Å². The summed E-state index contributed by atoms with van der Waals surface area (Å²) in [4.78, 5) is 34.7. The Balaban J connectivity index is 1.49. The maximum atomic E-state index is 13.5. The molecular weight excluding hydrogens is 384 g/mol. The van der Waals surface area contributed by atoms with Crippen molar-refractivity contribution in [1.29, 1.82) is 0 Å². The molecule has 164 valence electrons. The molecule has 3 fully saturated rings. The first-order valence-corrected chi connectivity index (χ1v) is 11.0. The fourth-order valence-corrected chi connectivity index (χ4v) is 5.43. The highest BCUT2D eigenvalue weighted by molar-refractivity contribution is 5.87. The van der Waals surface area contributed by atoms with Crippen molar-refractivity contribution in [2.45, 2.75) is 64.0 Å². The number of hydrogen-bond acceptors (Lipinski definition) is 5. The van der Waals surface area contributed by atoms with Crippen LogP contribution >= 0.6 is 0 Å². The highest BCUT2D eigenvalue weighted by atomic mass is 16.4. The number of pyridine rings is 1. The zero-order valence-corrected chi connectivity index (χ0v) is 17.9. The lowest BCUT2D eigenvalue weighted by Gasteiger charge is -2.41. The lowest BCUT2D eigenvalue weighted by Crippen LogP contribution is -2.50. The molecular formula is C22H32N4O4. The van der Waals surface area contributed by atoms with Gasteiger partial charge in [0.05, 0.1) is 23.4 Å². The second-order valence-corrected chi connectivity index (χ2v) is 9.19. The topological polar surface area (TPSA) is 97.2 Å². The monoisotopic (exact) mass is 416 g/mol. The number of carbonyl (C=O) groups excluding carboxylic acids is 1. The first kappa shape index (κ1) is 20.9. The third-order valence-corrected chi connectivity index (χ3v) is 7.27. The minimum atomic E-state index is -1.02. The summed E-state index contributed by atoms with van der Waals surface area (Å²) in [5.74, 6) is 1.08. The van der Waals surface area contributed by atoms with Gasteiger partial charge in [-0.3, -0.25) is 9.69 Å². The van der Waals surface area contributed by atoms with Crippen LogP contribution in [0.4, 0.5) is 16.3 Å². The van der Waals surface area contributed by atoms with E-state index < -0.39 is 6.09 Å². The lowest BCUT2D eigenvalue weighted by atomic mass is 9.78. The minimum Gasteiger partial charge on any atom is -0.465 e. The number of nitrogens with zero attached hydrogens (tertiary/aromatic N) is 4.